The zero-order chi connectivity index (χ0) is 8.15. The summed E-state index contributed by atoms with van der Waals surface area (Å²) >= 11 is 0. The van der Waals surface area contributed by atoms with Crippen LogP contribution in [0.5, 0.6) is 0 Å². The first-order valence-corrected chi connectivity index (χ1v) is 3.16. The highest BCUT2D eigenvalue weighted by molar-refractivity contribution is 5.77. The first-order valence-electron chi connectivity index (χ1n) is 3.16. The molecule has 0 aliphatic heterocycles. The lowest BCUT2D eigenvalue weighted by Crippen LogP contribution is -2.31. The molecule has 0 bridgehead atoms. The Labute approximate surface area is 60.9 Å². The number of rotatable bonds is 3. The van der Waals surface area contributed by atoms with Crippen LogP contribution in [0.25, 0.3) is 0 Å². The van der Waals surface area contributed by atoms with Crippen LogP contribution in [0.15, 0.2) is 12.7 Å². The van der Waals surface area contributed by atoms with E-state index in [1.54, 1.807) is 13.8 Å². The fourth-order valence-corrected chi connectivity index (χ4v) is 0.407. The smallest absolute Gasteiger partial charge is 0.327 e. The molecule has 0 aliphatic carbocycles. The lowest BCUT2D eigenvalue weighted by atomic mass is 10.3. The van der Waals surface area contributed by atoms with Crippen LogP contribution in [0, 0.1) is 0 Å². The molecule has 0 fully saturated rings. The minimum Gasteiger partial charge on any atom is -0.462 e. The van der Waals surface area contributed by atoms with Crippen LogP contribution < -0.4 is 5.73 Å². The van der Waals surface area contributed by atoms with Gasteiger partial charge in [-0.1, -0.05) is 6.08 Å². The van der Waals surface area contributed by atoms with Gasteiger partial charge in [0.2, 0.25) is 0 Å². The Hall–Kier alpha value is -0.830. The van der Waals surface area contributed by atoms with E-state index >= 15 is 0 Å². The monoisotopic (exact) mass is 143 g/mol. The van der Waals surface area contributed by atoms with Crippen molar-refractivity contribution in [3.63, 3.8) is 0 Å². The number of esters is 1. The molecular weight excluding hydrogens is 130 g/mol. The lowest BCUT2D eigenvalue weighted by Gasteiger charge is -2.09. The van der Waals surface area contributed by atoms with E-state index in [1.165, 1.54) is 6.08 Å². The van der Waals surface area contributed by atoms with Crippen LogP contribution in [0.1, 0.15) is 13.8 Å². The van der Waals surface area contributed by atoms with Crippen LogP contribution in [0.2, 0.25) is 0 Å². The van der Waals surface area contributed by atoms with E-state index in [1.807, 2.05) is 0 Å². The number of hydrogen-bond acceptors (Lipinski definition) is 3. The van der Waals surface area contributed by atoms with Crippen LogP contribution in [0.4, 0.5) is 0 Å². The Morgan fingerprint density at radius 2 is 2.20 bits per heavy atom. The Kier molecular flexibility index (Phi) is 3.72. The van der Waals surface area contributed by atoms with Gasteiger partial charge in [-0.2, -0.15) is 0 Å². The maximum absolute atomic E-state index is 10.8. The van der Waals surface area contributed by atoms with Gasteiger partial charge in [-0.3, -0.25) is 4.79 Å². The fourth-order valence-electron chi connectivity index (χ4n) is 0.407. The highest BCUT2D eigenvalue weighted by Gasteiger charge is 2.11. The maximum Gasteiger partial charge on any atom is 0.327 e. The topological polar surface area (TPSA) is 52.3 Å². The minimum atomic E-state index is -0.692. The first-order chi connectivity index (χ1) is 4.57. The van der Waals surface area contributed by atoms with Gasteiger partial charge in [-0.15, -0.1) is 6.58 Å². The van der Waals surface area contributed by atoms with Crippen LogP contribution in [-0.2, 0) is 9.53 Å². The molecule has 1 atom stereocenters. The molecule has 0 aromatic rings. The normalized spacial score (nSPS) is 12.8. The third-order valence-corrected chi connectivity index (χ3v) is 0.878. The molecule has 0 heterocycles. The second-order valence-corrected chi connectivity index (χ2v) is 2.25. The van der Waals surface area contributed by atoms with Gasteiger partial charge in [-0.25, -0.2) is 0 Å². The second-order valence-electron chi connectivity index (χ2n) is 2.25. The van der Waals surface area contributed by atoms with E-state index in [4.69, 9.17) is 10.5 Å². The predicted octanol–water partition coefficient (Wildman–Crippen LogP) is 0.451. The summed E-state index contributed by atoms with van der Waals surface area (Å²) in [4.78, 5) is 10.8. The summed E-state index contributed by atoms with van der Waals surface area (Å²) in [5, 5.41) is 0. The highest BCUT2D eigenvalue weighted by atomic mass is 16.5. The van der Waals surface area contributed by atoms with Crippen LogP contribution >= 0.6 is 0 Å². The number of carbonyl (C=O) groups excluding carboxylic acids is 1. The summed E-state index contributed by atoms with van der Waals surface area (Å²) in [5.41, 5.74) is 5.27. The van der Waals surface area contributed by atoms with Crippen molar-refractivity contribution in [1.82, 2.24) is 0 Å². The quantitative estimate of drug-likeness (QED) is 0.461. The molecule has 0 aromatic carbocycles. The zero-order valence-electron chi connectivity index (χ0n) is 6.33. The molecule has 10 heavy (non-hydrogen) atoms. The predicted molar refractivity (Wildman–Crippen MR) is 39.4 cm³/mol. The molecule has 3 heteroatoms. The third-order valence-electron chi connectivity index (χ3n) is 0.878. The average Bonchev–Trinajstić information content (AvgIpc) is 1.85. The Balaban J connectivity index is 3.73. The summed E-state index contributed by atoms with van der Waals surface area (Å²) in [6, 6.07) is -0.692. The molecule has 0 radical (unpaired) electrons. The van der Waals surface area contributed by atoms with E-state index in [0.29, 0.717) is 0 Å². The van der Waals surface area contributed by atoms with Crippen molar-refractivity contribution in [2.45, 2.75) is 26.0 Å². The molecule has 3 nitrogen and oxygen atoms in total. The number of nitrogens with two attached hydrogens (primary N) is 1. The van der Waals surface area contributed by atoms with Gasteiger partial charge in [-0.05, 0) is 13.8 Å². The van der Waals surface area contributed by atoms with Crippen molar-refractivity contribution in [1.29, 1.82) is 0 Å². The molecule has 0 unspecified atom stereocenters. The van der Waals surface area contributed by atoms with Crippen molar-refractivity contribution in [2.75, 3.05) is 0 Å². The maximum atomic E-state index is 10.8. The van der Waals surface area contributed by atoms with E-state index in [9.17, 15) is 4.79 Å². The molecule has 0 saturated heterocycles. The lowest BCUT2D eigenvalue weighted by molar-refractivity contribution is -0.147. The Morgan fingerprint density at radius 3 is 2.50 bits per heavy atom. The zero-order valence-corrected chi connectivity index (χ0v) is 6.33. The fraction of sp³-hybridized carbons (Fsp3) is 0.571. The number of carbonyl (C=O) groups is 1. The largest absolute Gasteiger partial charge is 0.462 e. The third kappa shape index (κ3) is 3.25. The summed E-state index contributed by atoms with van der Waals surface area (Å²) < 4.78 is 4.77. The molecule has 2 N–H and O–H groups in total. The van der Waals surface area contributed by atoms with Crippen molar-refractivity contribution in [3.8, 4) is 0 Å². The number of ether oxygens (including phenoxy) is 1. The van der Waals surface area contributed by atoms with Gasteiger partial charge >= 0.3 is 5.97 Å². The summed E-state index contributed by atoms with van der Waals surface area (Å²) in [7, 11) is 0. The summed E-state index contributed by atoms with van der Waals surface area (Å²) in [6.45, 7) is 6.91. The molecule has 58 valence electrons. The number of hydrogen-bond donors (Lipinski definition) is 1. The second kappa shape index (κ2) is 4.06. The molecule has 0 rings (SSSR count). The molecular formula is C7H13NO2. The molecule has 0 spiro atoms. The summed E-state index contributed by atoms with van der Waals surface area (Å²) in [6.07, 6.45) is 1.24. The van der Waals surface area contributed by atoms with Gasteiger partial charge in [0.1, 0.15) is 6.04 Å². The van der Waals surface area contributed by atoms with Gasteiger partial charge in [0.25, 0.3) is 0 Å². The van der Waals surface area contributed by atoms with Gasteiger partial charge < -0.3 is 10.5 Å². The Morgan fingerprint density at radius 1 is 1.70 bits per heavy atom. The van der Waals surface area contributed by atoms with E-state index in [0.717, 1.165) is 0 Å². The van der Waals surface area contributed by atoms with Crippen molar-refractivity contribution >= 4 is 5.97 Å². The first kappa shape index (κ1) is 9.17. The molecule has 0 saturated carbocycles. The van der Waals surface area contributed by atoms with Gasteiger partial charge in [0, 0.05) is 0 Å². The highest BCUT2D eigenvalue weighted by Crippen LogP contribution is 1.92. The summed E-state index contributed by atoms with van der Waals surface area (Å²) in [5.74, 6) is -0.426. The van der Waals surface area contributed by atoms with Crippen molar-refractivity contribution in [2.24, 2.45) is 5.73 Å². The SMILES string of the molecule is C=C[C@H](N)C(=O)OC(C)C. The van der Waals surface area contributed by atoms with Crippen LogP contribution in [0.3, 0.4) is 0 Å². The molecule has 0 amide bonds. The van der Waals surface area contributed by atoms with Gasteiger partial charge in [0.15, 0.2) is 0 Å². The van der Waals surface area contributed by atoms with Crippen LogP contribution in [-0.4, -0.2) is 18.1 Å². The average molecular weight is 143 g/mol. The Bertz CT molecular complexity index is 132. The minimum absolute atomic E-state index is 0.113. The van der Waals surface area contributed by atoms with Crippen molar-refractivity contribution < 1.29 is 9.53 Å². The van der Waals surface area contributed by atoms with E-state index < -0.39 is 12.0 Å². The van der Waals surface area contributed by atoms with Gasteiger partial charge in [0.05, 0.1) is 6.10 Å². The van der Waals surface area contributed by atoms with Crippen molar-refractivity contribution in [3.05, 3.63) is 12.7 Å². The van der Waals surface area contributed by atoms with E-state index in [2.05, 4.69) is 6.58 Å². The molecule has 0 aromatic heterocycles. The molecule has 0 aliphatic rings. The standard InChI is InChI=1S/C7H13NO2/c1-4-6(8)7(9)10-5(2)3/h4-6H,1,8H2,2-3H3/t6-/m0/s1. The van der Waals surface area contributed by atoms with E-state index in [-0.39, 0.29) is 6.10 Å².